The van der Waals surface area contributed by atoms with E-state index in [2.05, 4.69) is 5.32 Å². The van der Waals surface area contributed by atoms with Gasteiger partial charge in [-0.1, -0.05) is 19.4 Å². The molecule has 9 heteroatoms. The first-order valence-corrected chi connectivity index (χ1v) is 8.59. The van der Waals surface area contributed by atoms with Crippen molar-refractivity contribution in [1.82, 2.24) is 10.2 Å². The van der Waals surface area contributed by atoms with Crippen LogP contribution in [-0.4, -0.2) is 51.8 Å². The quantitative estimate of drug-likeness (QED) is 0.702. The van der Waals surface area contributed by atoms with Gasteiger partial charge in [0.05, 0.1) is 11.1 Å². The second-order valence-corrected chi connectivity index (χ2v) is 6.36. The average Bonchev–Trinajstić information content (AvgIpc) is 2.87. The molecular weight excluding hydrogens is 356 g/mol. The molecule has 4 amide bonds. The van der Waals surface area contributed by atoms with Crippen molar-refractivity contribution in [2.24, 2.45) is 0 Å². The molecule has 3 rings (SSSR count). The maximum atomic E-state index is 12.9. The fraction of sp³-hybridized carbons (Fsp3) is 0.389. The second kappa shape index (κ2) is 7.18. The van der Waals surface area contributed by atoms with Gasteiger partial charge in [0.2, 0.25) is 11.8 Å². The molecule has 0 bridgehead atoms. The summed E-state index contributed by atoms with van der Waals surface area (Å²) in [7, 11) is 0. The summed E-state index contributed by atoms with van der Waals surface area (Å²) >= 11 is 0. The van der Waals surface area contributed by atoms with Gasteiger partial charge in [-0.3, -0.25) is 29.4 Å². The molecule has 1 fully saturated rings. The maximum Gasteiger partial charge on any atom is 0.344 e. The summed E-state index contributed by atoms with van der Waals surface area (Å²) in [5.74, 6) is -3.76. The highest BCUT2D eigenvalue weighted by molar-refractivity contribution is 6.24. The van der Waals surface area contributed by atoms with Crippen LogP contribution in [0.25, 0.3) is 0 Å². The van der Waals surface area contributed by atoms with E-state index in [1.807, 2.05) is 0 Å². The standard InChI is InChI=1S/C18H18N2O7/c1-2-4-12(18(25)26)27-11-6-3-5-9-14(11)17(24)20(16(9)23)10-7-8-13(21)19-15(10)22/h3,5-6,10,12H,2,4,7-8H2,1H3,(H,25,26)(H,19,21,22). The Morgan fingerprint density at radius 3 is 2.67 bits per heavy atom. The Bertz CT molecular complexity index is 848. The van der Waals surface area contributed by atoms with Gasteiger partial charge in [-0.15, -0.1) is 0 Å². The molecule has 0 aromatic heterocycles. The number of amides is 4. The molecule has 1 saturated heterocycles. The zero-order valence-corrected chi connectivity index (χ0v) is 14.6. The molecule has 27 heavy (non-hydrogen) atoms. The minimum Gasteiger partial charge on any atom is -0.479 e. The van der Waals surface area contributed by atoms with Gasteiger partial charge in [0.15, 0.2) is 6.10 Å². The summed E-state index contributed by atoms with van der Waals surface area (Å²) < 4.78 is 5.50. The highest BCUT2D eigenvalue weighted by Crippen LogP contribution is 2.34. The lowest BCUT2D eigenvalue weighted by molar-refractivity contribution is -0.145. The molecule has 0 spiro atoms. The molecule has 1 aromatic rings. The first kappa shape index (κ1) is 18.6. The van der Waals surface area contributed by atoms with E-state index in [4.69, 9.17) is 4.74 Å². The van der Waals surface area contributed by atoms with Gasteiger partial charge in [-0.2, -0.15) is 0 Å². The number of fused-ring (bicyclic) bond motifs is 1. The molecule has 9 nitrogen and oxygen atoms in total. The van der Waals surface area contributed by atoms with E-state index in [0.717, 1.165) is 4.90 Å². The number of carboxylic acids is 1. The Morgan fingerprint density at radius 1 is 1.30 bits per heavy atom. The molecule has 2 unspecified atom stereocenters. The van der Waals surface area contributed by atoms with E-state index in [9.17, 15) is 29.1 Å². The predicted octanol–water partition coefficient (Wildman–Crippen LogP) is 0.720. The lowest BCUT2D eigenvalue weighted by atomic mass is 10.0. The molecule has 2 atom stereocenters. The third-order valence-electron chi connectivity index (χ3n) is 4.53. The Balaban J connectivity index is 1.93. The third-order valence-corrected chi connectivity index (χ3v) is 4.53. The highest BCUT2D eigenvalue weighted by atomic mass is 16.5. The smallest absolute Gasteiger partial charge is 0.344 e. The van der Waals surface area contributed by atoms with Crippen LogP contribution in [0.5, 0.6) is 5.75 Å². The minimum absolute atomic E-state index is 0.0125. The molecule has 0 saturated carbocycles. The molecule has 2 aliphatic heterocycles. The Labute approximate surface area is 154 Å². The van der Waals surface area contributed by atoms with Crippen LogP contribution in [0.1, 0.15) is 53.3 Å². The van der Waals surface area contributed by atoms with Gasteiger partial charge in [0.25, 0.3) is 11.8 Å². The summed E-state index contributed by atoms with van der Waals surface area (Å²) in [5.41, 5.74) is -0.0163. The first-order chi connectivity index (χ1) is 12.8. The maximum absolute atomic E-state index is 12.9. The first-order valence-electron chi connectivity index (χ1n) is 8.59. The lowest BCUT2D eigenvalue weighted by Gasteiger charge is -2.27. The molecule has 2 heterocycles. The predicted molar refractivity (Wildman–Crippen MR) is 90.1 cm³/mol. The zero-order chi connectivity index (χ0) is 19.7. The topological polar surface area (TPSA) is 130 Å². The number of benzene rings is 1. The van der Waals surface area contributed by atoms with Crippen molar-refractivity contribution < 1.29 is 33.8 Å². The largest absolute Gasteiger partial charge is 0.479 e. The molecule has 0 radical (unpaired) electrons. The second-order valence-electron chi connectivity index (χ2n) is 6.36. The molecule has 2 N–H and O–H groups in total. The van der Waals surface area contributed by atoms with Gasteiger partial charge < -0.3 is 9.84 Å². The van der Waals surface area contributed by atoms with Crippen LogP contribution in [0.3, 0.4) is 0 Å². The number of nitrogens with zero attached hydrogens (tertiary/aromatic N) is 1. The lowest BCUT2D eigenvalue weighted by Crippen LogP contribution is -2.54. The monoisotopic (exact) mass is 374 g/mol. The van der Waals surface area contributed by atoms with Crippen molar-refractivity contribution in [2.75, 3.05) is 0 Å². The summed E-state index contributed by atoms with van der Waals surface area (Å²) in [6.07, 6.45) is -0.307. The van der Waals surface area contributed by atoms with Crippen molar-refractivity contribution in [1.29, 1.82) is 0 Å². The molecule has 2 aliphatic rings. The van der Waals surface area contributed by atoms with Gasteiger partial charge >= 0.3 is 5.97 Å². The van der Waals surface area contributed by atoms with Crippen molar-refractivity contribution >= 4 is 29.6 Å². The van der Waals surface area contributed by atoms with E-state index in [1.165, 1.54) is 18.2 Å². The van der Waals surface area contributed by atoms with E-state index in [-0.39, 0.29) is 36.1 Å². The number of ether oxygens (including phenoxy) is 1. The Kier molecular flexibility index (Phi) is 4.93. The van der Waals surface area contributed by atoms with Gasteiger partial charge in [-0.25, -0.2) is 4.79 Å². The number of carbonyl (C=O) groups is 5. The zero-order valence-electron chi connectivity index (χ0n) is 14.6. The number of piperidine rings is 1. The summed E-state index contributed by atoms with van der Waals surface area (Å²) in [5, 5.41) is 11.4. The molecule has 142 valence electrons. The van der Waals surface area contributed by atoms with Gasteiger partial charge in [0.1, 0.15) is 11.8 Å². The molecular formula is C18H18N2O7. The van der Waals surface area contributed by atoms with E-state index >= 15 is 0 Å². The fourth-order valence-corrected chi connectivity index (χ4v) is 3.23. The van der Waals surface area contributed by atoms with Crippen LogP contribution in [0.2, 0.25) is 0 Å². The Hall–Kier alpha value is -3.23. The fourth-order valence-electron chi connectivity index (χ4n) is 3.23. The minimum atomic E-state index is -1.17. The highest BCUT2D eigenvalue weighted by Gasteiger charge is 2.46. The summed E-state index contributed by atoms with van der Waals surface area (Å²) in [6.45, 7) is 1.80. The number of hydrogen-bond acceptors (Lipinski definition) is 6. The van der Waals surface area contributed by atoms with Crippen LogP contribution in [0.4, 0.5) is 0 Å². The molecule has 0 aliphatic carbocycles. The number of carboxylic acid groups (broad SMARTS) is 1. The SMILES string of the molecule is CCCC(Oc1cccc2c1C(=O)N(C1CCC(=O)NC1=O)C2=O)C(=O)O. The van der Waals surface area contributed by atoms with E-state index in [1.54, 1.807) is 6.92 Å². The van der Waals surface area contributed by atoms with Crippen molar-refractivity contribution in [3.63, 3.8) is 0 Å². The number of aliphatic carboxylic acids is 1. The van der Waals surface area contributed by atoms with Gasteiger partial charge in [0, 0.05) is 6.42 Å². The van der Waals surface area contributed by atoms with E-state index < -0.39 is 41.7 Å². The van der Waals surface area contributed by atoms with Crippen LogP contribution >= 0.6 is 0 Å². The number of carbonyl (C=O) groups excluding carboxylic acids is 4. The summed E-state index contributed by atoms with van der Waals surface area (Å²) in [4.78, 5) is 61.1. The summed E-state index contributed by atoms with van der Waals surface area (Å²) in [6, 6.07) is 3.24. The van der Waals surface area contributed by atoms with Crippen LogP contribution in [0, 0.1) is 0 Å². The average molecular weight is 374 g/mol. The van der Waals surface area contributed by atoms with Crippen molar-refractivity contribution in [3.05, 3.63) is 29.3 Å². The van der Waals surface area contributed by atoms with Crippen LogP contribution in [0.15, 0.2) is 18.2 Å². The van der Waals surface area contributed by atoms with Crippen LogP contribution in [-0.2, 0) is 14.4 Å². The molecule has 1 aromatic carbocycles. The normalized spacial score (nSPS) is 20.3. The number of hydrogen-bond donors (Lipinski definition) is 2. The van der Waals surface area contributed by atoms with Crippen molar-refractivity contribution in [2.45, 2.75) is 44.8 Å². The van der Waals surface area contributed by atoms with E-state index in [0.29, 0.717) is 6.42 Å². The number of nitrogens with one attached hydrogen (secondary N) is 1. The number of rotatable bonds is 6. The number of imide groups is 2. The Morgan fingerprint density at radius 2 is 2.04 bits per heavy atom. The van der Waals surface area contributed by atoms with Crippen molar-refractivity contribution in [3.8, 4) is 5.75 Å². The third kappa shape index (κ3) is 3.27. The van der Waals surface area contributed by atoms with Gasteiger partial charge in [-0.05, 0) is 25.0 Å². The van der Waals surface area contributed by atoms with Crippen LogP contribution < -0.4 is 10.1 Å².